The number of thiophene rings is 1. The molecule has 1 aromatic heterocycles. The van der Waals surface area contributed by atoms with Gasteiger partial charge >= 0.3 is 0 Å². The van der Waals surface area contributed by atoms with Crippen molar-refractivity contribution in [1.82, 2.24) is 14.9 Å². The van der Waals surface area contributed by atoms with E-state index in [0.29, 0.717) is 37.1 Å². The van der Waals surface area contributed by atoms with Crippen molar-refractivity contribution in [3.63, 3.8) is 0 Å². The second-order valence-electron chi connectivity index (χ2n) is 5.73. The number of ether oxygens (including phenoxy) is 1. The highest BCUT2D eigenvalue weighted by molar-refractivity contribution is 14.0. The summed E-state index contributed by atoms with van der Waals surface area (Å²) < 4.78 is 32.3. The van der Waals surface area contributed by atoms with E-state index in [1.165, 1.54) is 15.6 Å². The number of guanidine groups is 1. The Kier molecular flexibility index (Phi) is 9.64. The van der Waals surface area contributed by atoms with Crippen molar-refractivity contribution in [2.24, 2.45) is 4.99 Å². The van der Waals surface area contributed by atoms with Crippen LogP contribution in [0, 0.1) is 0 Å². The molecule has 144 valence electrons. The molecule has 0 bridgehead atoms. The third-order valence-corrected chi connectivity index (χ3v) is 6.80. The van der Waals surface area contributed by atoms with E-state index in [0.717, 1.165) is 17.4 Å². The van der Waals surface area contributed by atoms with E-state index >= 15 is 0 Å². The summed E-state index contributed by atoms with van der Waals surface area (Å²) in [6.45, 7) is 9.06. The quantitative estimate of drug-likeness (QED) is 0.353. The molecule has 0 atom stereocenters. The fourth-order valence-electron chi connectivity index (χ4n) is 2.25. The molecule has 0 spiro atoms. The van der Waals surface area contributed by atoms with Crippen LogP contribution < -0.4 is 10.6 Å². The third-order valence-electron chi connectivity index (χ3n) is 3.36. The Balaban J connectivity index is 0.00000312. The number of hydrogen-bond donors (Lipinski definition) is 2. The fourth-order valence-corrected chi connectivity index (χ4v) is 5.09. The van der Waals surface area contributed by atoms with E-state index in [1.807, 2.05) is 26.8 Å². The van der Waals surface area contributed by atoms with Gasteiger partial charge in [-0.1, -0.05) is 0 Å². The standard InChI is InChI=1S/C15H26N4O3S2.HI/c1-4-16-15(18-12(2)3)17-11-13-5-6-14(23-13)24(20,21)19-7-9-22-10-8-19;/h5-6,12H,4,7-11H2,1-3H3,(H2,16,17,18);1H. The van der Waals surface area contributed by atoms with Crippen molar-refractivity contribution in [3.8, 4) is 0 Å². The number of aliphatic imine (C=N–C) groups is 1. The average Bonchev–Trinajstić information content (AvgIpc) is 3.03. The lowest BCUT2D eigenvalue weighted by Crippen LogP contribution is -2.40. The molecular formula is C15H27IN4O3S2. The van der Waals surface area contributed by atoms with Crippen LogP contribution in [0.4, 0.5) is 0 Å². The predicted octanol–water partition coefficient (Wildman–Crippen LogP) is 1.85. The van der Waals surface area contributed by atoms with Crippen LogP contribution in [0.15, 0.2) is 21.3 Å². The summed E-state index contributed by atoms with van der Waals surface area (Å²) in [4.78, 5) is 5.43. The van der Waals surface area contributed by atoms with Gasteiger partial charge < -0.3 is 15.4 Å². The van der Waals surface area contributed by atoms with Crippen LogP contribution in [0.1, 0.15) is 25.6 Å². The molecule has 0 saturated carbocycles. The first-order chi connectivity index (χ1) is 11.4. The van der Waals surface area contributed by atoms with Crippen molar-refractivity contribution >= 4 is 51.3 Å². The lowest BCUT2D eigenvalue weighted by molar-refractivity contribution is 0.0731. The van der Waals surface area contributed by atoms with Gasteiger partial charge in [-0.3, -0.25) is 0 Å². The number of halogens is 1. The van der Waals surface area contributed by atoms with Crippen molar-refractivity contribution in [3.05, 3.63) is 17.0 Å². The number of morpholine rings is 1. The third kappa shape index (κ3) is 6.66. The molecule has 2 heterocycles. The van der Waals surface area contributed by atoms with Crippen LogP contribution in [-0.2, 0) is 21.3 Å². The Morgan fingerprint density at radius 2 is 2.04 bits per heavy atom. The minimum atomic E-state index is -3.42. The molecule has 0 amide bonds. The first-order valence-corrected chi connectivity index (χ1v) is 10.4. The predicted molar refractivity (Wildman–Crippen MR) is 112 cm³/mol. The smallest absolute Gasteiger partial charge is 0.252 e. The zero-order chi connectivity index (χ0) is 17.6. The molecule has 1 saturated heterocycles. The molecule has 1 aliphatic rings. The molecule has 7 nitrogen and oxygen atoms in total. The number of nitrogens with one attached hydrogen (secondary N) is 2. The summed E-state index contributed by atoms with van der Waals surface area (Å²) in [6, 6.07) is 3.78. The highest BCUT2D eigenvalue weighted by Gasteiger charge is 2.27. The molecule has 0 aliphatic carbocycles. The number of hydrogen-bond acceptors (Lipinski definition) is 5. The van der Waals surface area contributed by atoms with Gasteiger partial charge in [0, 0.05) is 30.6 Å². The molecule has 10 heteroatoms. The molecule has 2 N–H and O–H groups in total. The van der Waals surface area contributed by atoms with E-state index in [2.05, 4.69) is 15.6 Å². The minimum Gasteiger partial charge on any atom is -0.379 e. The van der Waals surface area contributed by atoms with Gasteiger partial charge in [0.2, 0.25) is 0 Å². The van der Waals surface area contributed by atoms with E-state index in [-0.39, 0.29) is 30.0 Å². The van der Waals surface area contributed by atoms with Crippen LogP contribution in [-0.4, -0.2) is 57.6 Å². The van der Waals surface area contributed by atoms with Gasteiger partial charge in [0.1, 0.15) is 4.21 Å². The highest BCUT2D eigenvalue weighted by Crippen LogP contribution is 2.26. The molecule has 0 radical (unpaired) electrons. The normalized spacial score (nSPS) is 16.6. The van der Waals surface area contributed by atoms with Gasteiger partial charge in [-0.25, -0.2) is 13.4 Å². The summed E-state index contributed by atoms with van der Waals surface area (Å²) in [5, 5.41) is 6.42. The zero-order valence-corrected chi connectivity index (χ0v) is 18.8. The Morgan fingerprint density at radius 1 is 1.36 bits per heavy atom. The lowest BCUT2D eigenvalue weighted by Gasteiger charge is -2.25. The van der Waals surface area contributed by atoms with Crippen molar-refractivity contribution in [2.75, 3.05) is 32.8 Å². The van der Waals surface area contributed by atoms with Gasteiger partial charge in [-0.15, -0.1) is 35.3 Å². The molecule has 1 aromatic rings. The molecule has 25 heavy (non-hydrogen) atoms. The summed E-state index contributed by atoms with van der Waals surface area (Å²) in [6.07, 6.45) is 0. The Morgan fingerprint density at radius 3 is 2.64 bits per heavy atom. The van der Waals surface area contributed by atoms with E-state index in [1.54, 1.807) is 6.07 Å². The van der Waals surface area contributed by atoms with E-state index < -0.39 is 10.0 Å². The largest absolute Gasteiger partial charge is 0.379 e. The van der Waals surface area contributed by atoms with Gasteiger partial charge in [0.15, 0.2) is 5.96 Å². The molecule has 0 aromatic carbocycles. The number of rotatable bonds is 6. The summed E-state index contributed by atoms with van der Waals surface area (Å²) in [5.74, 6) is 0.735. The van der Waals surface area contributed by atoms with E-state index in [9.17, 15) is 8.42 Å². The molecule has 1 aliphatic heterocycles. The van der Waals surface area contributed by atoms with Gasteiger partial charge in [-0.05, 0) is 32.9 Å². The topological polar surface area (TPSA) is 83.0 Å². The Bertz CT molecular complexity index is 655. The average molecular weight is 502 g/mol. The van der Waals surface area contributed by atoms with Crippen LogP contribution >= 0.6 is 35.3 Å². The number of sulfonamides is 1. The first kappa shape index (κ1) is 22.6. The molecular weight excluding hydrogens is 475 g/mol. The maximum absolute atomic E-state index is 12.6. The second-order valence-corrected chi connectivity index (χ2v) is 9.06. The Hall–Kier alpha value is -0.430. The van der Waals surface area contributed by atoms with Crippen LogP contribution in [0.25, 0.3) is 0 Å². The summed E-state index contributed by atoms with van der Waals surface area (Å²) in [5.41, 5.74) is 0. The lowest BCUT2D eigenvalue weighted by atomic mass is 10.4. The van der Waals surface area contributed by atoms with Crippen molar-refractivity contribution < 1.29 is 13.2 Å². The van der Waals surface area contributed by atoms with E-state index in [4.69, 9.17) is 4.74 Å². The summed E-state index contributed by atoms with van der Waals surface area (Å²) >= 11 is 1.28. The van der Waals surface area contributed by atoms with Crippen molar-refractivity contribution in [2.45, 2.75) is 37.6 Å². The maximum atomic E-state index is 12.6. The minimum absolute atomic E-state index is 0. The van der Waals surface area contributed by atoms with Crippen LogP contribution in [0.2, 0.25) is 0 Å². The molecule has 2 rings (SSSR count). The van der Waals surface area contributed by atoms with Gasteiger partial charge in [0.25, 0.3) is 10.0 Å². The molecule has 1 fully saturated rings. The first-order valence-electron chi connectivity index (χ1n) is 8.15. The fraction of sp³-hybridized carbons (Fsp3) is 0.667. The monoisotopic (exact) mass is 502 g/mol. The SMILES string of the molecule is CCNC(=NCc1ccc(S(=O)(=O)N2CCOCC2)s1)NC(C)C.I. The van der Waals surface area contributed by atoms with Gasteiger partial charge in [-0.2, -0.15) is 4.31 Å². The number of nitrogens with zero attached hydrogens (tertiary/aromatic N) is 2. The zero-order valence-electron chi connectivity index (χ0n) is 14.8. The maximum Gasteiger partial charge on any atom is 0.252 e. The molecule has 0 unspecified atom stereocenters. The van der Waals surface area contributed by atoms with Gasteiger partial charge in [0.05, 0.1) is 19.8 Å². The van der Waals surface area contributed by atoms with Crippen LogP contribution in [0.3, 0.4) is 0 Å². The highest BCUT2D eigenvalue weighted by atomic mass is 127. The Labute approximate surface area is 171 Å². The van der Waals surface area contributed by atoms with Crippen molar-refractivity contribution in [1.29, 1.82) is 0 Å². The second kappa shape index (κ2) is 10.7. The summed E-state index contributed by atoms with van der Waals surface area (Å²) in [7, 11) is -3.42. The van der Waals surface area contributed by atoms with Crippen LogP contribution in [0.5, 0.6) is 0 Å².